The second kappa shape index (κ2) is 9.03. The van der Waals surface area contributed by atoms with Gasteiger partial charge >= 0.3 is 0 Å². The number of sulfonamides is 1. The summed E-state index contributed by atoms with van der Waals surface area (Å²) in [6, 6.07) is 24.4. The van der Waals surface area contributed by atoms with Crippen molar-refractivity contribution in [2.75, 3.05) is 6.54 Å². The summed E-state index contributed by atoms with van der Waals surface area (Å²) in [4.78, 5) is 0.177. The average molecular weight is 409 g/mol. The molecule has 5 nitrogen and oxygen atoms in total. The molecular formula is C23H24N2O3S. The number of aryl methyl sites for hydroxylation is 1. The maximum Gasteiger partial charge on any atom is 0.240 e. The second-order valence-electron chi connectivity index (χ2n) is 6.87. The van der Waals surface area contributed by atoms with Crippen LogP contribution in [0, 0.1) is 12.1 Å². The fourth-order valence-corrected chi connectivity index (χ4v) is 4.08. The van der Waals surface area contributed by atoms with Crippen molar-refractivity contribution in [3.8, 4) is 0 Å². The first-order valence-corrected chi connectivity index (χ1v) is 10.8. The van der Waals surface area contributed by atoms with Crippen LogP contribution in [0.15, 0.2) is 89.8 Å². The third-order valence-electron chi connectivity index (χ3n) is 4.79. The zero-order valence-electron chi connectivity index (χ0n) is 16.4. The topological polar surface area (TPSA) is 72.2 Å². The van der Waals surface area contributed by atoms with Gasteiger partial charge in [0.1, 0.15) is 0 Å². The van der Waals surface area contributed by atoms with E-state index in [1.165, 1.54) is 0 Å². The minimum atomic E-state index is -3.73. The molecule has 6 heteroatoms. The van der Waals surface area contributed by atoms with Crippen LogP contribution >= 0.6 is 0 Å². The molecule has 3 rings (SSSR count). The summed E-state index contributed by atoms with van der Waals surface area (Å²) in [5.41, 5.74) is 3.04. The fourth-order valence-electron chi connectivity index (χ4n) is 3.04. The molecule has 0 radical (unpaired) electrons. The molecule has 0 bridgehead atoms. The summed E-state index contributed by atoms with van der Waals surface area (Å²) in [6.45, 7) is 3.59. The van der Waals surface area contributed by atoms with Gasteiger partial charge in [0.2, 0.25) is 16.1 Å². The van der Waals surface area contributed by atoms with Gasteiger partial charge in [-0.1, -0.05) is 66.2 Å². The summed E-state index contributed by atoms with van der Waals surface area (Å²) < 4.78 is 28.9. The first-order chi connectivity index (χ1) is 13.9. The zero-order chi connectivity index (χ0) is 20.9. The van der Waals surface area contributed by atoms with Gasteiger partial charge in [0.25, 0.3) is 0 Å². The SMILES string of the molecule is C/C(c1ccccc1)=[N+](/[O-])C(CNS(=O)(=O)c1ccc(C)cc1)c1ccccc1. The predicted octanol–water partition coefficient (Wildman–Crippen LogP) is 4.03. The molecule has 3 aromatic rings. The van der Waals surface area contributed by atoms with Crippen LogP contribution in [0.1, 0.15) is 29.7 Å². The van der Waals surface area contributed by atoms with Gasteiger partial charge in [-0.05, 0) is 31.2 Å². The normalized spacial score (nSPS) is 13.6. The molecule has 0 aliphatic carbocycles. The number of nitrogens with one attached hydrogen (secondary N) is 1. The Bertz CT molecular complexity index is 1080. The van der Waals surface area contributed by atoms with Crippen LogP contribution in [0.2, 0.25) is 0 Å². The summed E-state index contributed by atoms with van der Waals surface area (Å²) in [7, 11) is -3.73. The highest BCUT2D eigenvalue weighted by molar-refractivity contribution is 7.89. The quantitative estimate of drug-likeness (QED) is 0.278. The minimum absolute atomic E-state index is 0.0477. The van der Waals surface area contributed by atoms with Gasteiger partial charge < -0.3 is 5.21 Å². The molecule has 0 aliphatic rings. The van der Waals surface area contributed by atoms with E-state index < -0.39 is 16.1 Å². The summed E-state index contributed by atoms with van der Waals surface area (Å²) in [6.07, 6.45) is 0. The average Bonchev–Trinajstić information content (AvgIpc) is 2.75. The van der Waals surface area contributed by atoms with Crippen LogP contribution in [-0.2, 0) is 10.0 Å². The smallest absolute Gasteiger partial charge is 0.240 e. The van der Waals surface area contributed by atoms with Crippen LogP contribution in [0.4, 0.5) is 0 Å². The maximum absolute atomic E-state index is 13.2. The molecule has 0 spiro atoms. The standard InChI is InChI=1S/C23H24N2O3S/c1-18-13-15-22(16-14-18)29(27,28)24-17-23(21-11-7-4-8-12-21)25(26)19(2)20-9-5-3-6-10-20/h3-16,23-24H,17H2,1-2H3/b25-19-. The van der Waals surface area contributed by atoms with Crippen LogP contribution in [0.5, 0.6) is 0 Å². The van der Waals surface area contributed by atoms with Crippen molar-refractivity contribution in [1.82, 2.24) is 4.72 Å². The third kappa shape index (κ3) is 5.10. The Morgan fingerprint density at radius 1 is 0.931 bits per heavy atom. The lowest BCUT2D eigenvalue weighted by Crippen LogP contribution is -2.33. The Morgan fingerprint density at radius 3 is 2.07 bits per heavy atom. The molecule has 0 saturated carbocycles. The van der Waals surface area contributed by atoms with Crippen molar-refractivity contribution in [3.63, 3.8) is 0 Å². The molecule has 0 saturated heterocycles. The van der Waals surface area contributed by atoms with E-state index in [-0.39, 0.29) is 11.4 Å². The number of rotatable bonds is 7. The second-order valence-corrected chi connectivity index (χ2v) is 8.64. The lowest BCUT2D eigenvalue weighted by Gasteiger charge is -2.20. The van der Waals surface area contributed by atoms with E-state index in [2.05, 4.69) is 4.72 Å². The largest absolute Gasteiger partial charge is 0.623 e. The molecule has 0 heterocycles. The Morgan fingerprint density at radius 2 is 1.48 bits per heavy atom. The predicted molar refractivity (Wildman–Crippen MR) is 115 cm³/mol. The van der Waals surface area contributed by atoms with Gasteiger partial charge in [0.15, 0.2) is 5.71 Å². The number of hydrogen-bond acceptors (Lipinski definition) is 3. The summed E-state index contributed by atoms with van der Waals surface area (Å²) >= 11 is 0. The van der Waals surface area contributed by atoms with Crippen molar-refractivity contribution in [2.24, 2.45) is 0 Å². The van der Waals surface area contributed by atoms with Crippen LogP contribution in [-0.4, -0.2) is 25.4 Å². The van der Waals surface area contributed by atoms with Crippen molar-refractivity contribution >= 4 is 15.7 Å². The zero-order valence-corrected chi connectivity index (χ0v) is 17.3. The van der Waals surface area contributed by atoms with E-state index >= 15 is 0 Å². The molecule has 1 unspecified atom stereocenters. The number of hydrogen-bond donors (Lipinski definition) is 1. The molecule has 0 aromatic heterocycles. The van der Waals surface area contributed by atoms with E-state index in [1.807, 2.05) is 67.6 Å². The number of benzene rings is 3. The van der Waals surface area contributed by atoms with Crippen molar-refractivity contribution < 1.29 is 13.2 Å². The number of nitrogens with zero attached hydrogens (tertiary/aromatic N) is 1. The monoisotopic (exact) mass is 408 g/mol. The Hall–Kier alpha value is -2.96. The van der Waals surface area contributed by atoms with E-state index in [0.717, 1.165) is 21.4 Å². The van der Waals surface area contributed by atoms with E-state index in [9.17, 15) is 13.6 Å². The van der Waals surface area contributed by atoms with Crippen molar-refractivity contribution in [2.45, 2.75) is 24.8 Å². The molecular weight excluding hydrogens is 384 g/mol. The highest BCUT2D eigenvalue weighted by Gasteiger charge is 2.25. The highest BCUT2D eigenvalue weighted by Crippen LogP contribution is 2.19. The Balaban J connectivity index is 1.92. The first-order valence-electron chi connectivity index (χ1n) is 9.35. The molecule has 0 fully saturated rings. The summed E-state index contributed by atoms with van der Waals surface area (Å²) in [5.74, 6) is 0. The van der Waals surface area contributed by atoms with E-state index in [0.29, 0.717) is 5.71 Å². The lowest BCUT2D eigenvalue weighted by molar-refractivity contribution is -0.505. The highest BCUT2D eigenvalue weighted by atomic mass is 32.2. The lowest BCUT2D eigenvalue weighted by atomic mass is 10.1. The van der Waals surface area contributed by atoms with Crippen LogP contribution in [0.3, 0.4) is 0 Å². The van der Waals surface area contributed by atoms with Gasteiger partial charge in [-0.2, -0.15) is 0 Å². The molecule has 1 N–H and O–H groups in total. The van der Waals surface area contributed by atoms with Crippen molar-refractivity contribution in [1.29, 1.82) is 0 Å². The van der Waals surface area contributed by atoms with Gasteiger partial charge in [-0.3, -0.25) is 0 Å². The van der Waals surface area contributed by atoms with E-state index in [4.69, 9.17) is 0 Å². The van der Waals surface area contributed by atoms with Gasteiger partial charge in [0, 0.05) is 18.1 Å². The molecule has 150 valence electrons. The van der Waals surface area contributed by atoms with E-state index in [1.54, 1.807) is 31.2 Å². The minimum Gasteiger partial charge on any atom is -0.623 e. The molecule has 3 aromatic carbocycles. The van der Waals surface area contributed by atoms with Crippen LogP contribution < -0.4 is 4.72 Å². The maximum atomic E-state index is 13.2. The Labute approximate surface area is 172 Å². The third-order valence-corrected chi connectivity index (χ3v) is 6.23. The van der Waals surface area contributed by atoms with Gasteiger partial charge in [0.05, 0.1) is 11.4 Å². The van der Waals surface area contributed by atoms with Gasteiger partial charge in [-0.25, -0.2) is 17.9 Å². The number of hydroxylamine groups is 1. The fraction of sp³-hybridized carbons (Fsp3) is 0.174. The first kappa shape index (κ1) is 20.8. The molecule has 0 amide bonds. The molecule has 29 heavy (non-hydrogen) atoms. The van der Waals surface area contributed by atoms with Crippen LogP contribution in [0.25, 0.3) is 0 Å². The van der Waals surface area contributed by atoms with Gasteiger partial charge in [-0.15, -0.1) is 0 Å². The Kier molecular flexibility index (Phi) is 6.46. The summed E-state index contributed by atoms with van der Waals surface area (Å²) in [5, 5.41) is 13.2. The molecule has 0 aliphatic heterocycles. The van der Waals surface area contributed by atoms with Crippen molar-refractivity contribution in [3.05, 3.63) is 107 Å². The molecule has 1 atom stereocenters.